The van der Waals surface area contributed by atoms with Crippen LogP contribution in [0.15, 0.2) is 58.9 Å². The lowest BCUT2D eigenvalue weighted by Crippen LogP contribution is -1.93. The van der Waals surface area contributed by atoms with Crippen molar-refractivity contribution in [2.45, 2.75) is 6.42 Å². The van der Waals surface area contributed by atoms with Gasteiger partial charge in [0.2, 0.25) is 0 Å². The molecule has 0 aliphatic heterocycles. The molecular formula is C16H9Br5N2. The highest BCUT2D eigenvalue weighted by Crippen LogP contribution is 2.33. The van der Waals surface area contributed by atoms with Gasteiger partial charge in [0.25, 0.3) is 0 Å². The van der Waals surface area contributed by atoms with E-state index in [1.54, 1.807) is 0 Å². The van der Waals surface area contributed by atoms with Crippen LogP contribution in [0.5, 0.6) is 0 Å². The fraction of sp³-hybridized carbons (Fsp3) is 0.0625. The summed E-state index contributed by atoms with van der Waals surface area (Å²) in [6, 6.07) is 10.2. The zero-order valence-electron chi connectivity index (χ0n) is 11.5. The number of halogens is 5. The number of benzene rings is 2. The summed E-state index contributed by atoms with van der Waals surface area (Å²) in [4.78, 5) is 7.99. The van der Waals surface area contributed by atoms with Crippen molar-refractivity contribution in [1.29, 1.82) is 0 Å². The van der Waals surface area contributed by atoms with Gasteiger partial charge >= 0.3 is 0 Å². The van der Waals surface area contributed by atoms with Gasteiger partial charge in [-0.2, -0.15) is 0 Å². The highest BCUT2D eigenvalue weighted by molar-refractivity contribution is 9.13. The van der Waals surface area contributed by atoms with Crippen LogP contribution in [0.3, 0.4) is 0 Å². The first-order valence-electron chi connectivity index (χ1n) is 6.57. The number of hydrogen-bond acceptors (Lipinski definition) is 1. The molecule has 2 aromatic carbocycles. The van der Waals surface area contributed by atoms with Crippen LogP contribution in [0.4, 0.5) is 0 Å². The molecule has 0 saturated heterocycles. The van der Waals surface area contributed by atoms with Crippen LogP contribution in [0.2, 0.25) is 0 Å². The van der Waals surface area contributed by atoms with E-state index in [0.717, 1.165) is 45.0 Å². The molecule has 3 rings (SSSR count). The SMILES string of the molecule is Brc1cc(Br)c(Br)c(Cc2nc(-c3cc(Br)ccc3Br)c[nH]2)c1. The number of hydrogen-bond donors (Lipinski definition) is 1. The van der Waals surface area contributed by atoms with E-state index in [2.05, 4.69) is 96.8 Å². The third-order valence-corrected chi connectivity index (χ3v) is 7.00. The lowest BCUT2D eigenvalue weighted by molar-refractivity contribution is 1.02. The highest BCUT2D eigenvalue weighted by Gasteiger charge is 2.12. The van der Waals surface area contributed by atoms with Gasteiger partial charge in [-0.15, -0.1) is 0 Å². The van der Waals surface area contributed by atoms with Crippen LogP contribution < -0.4 is 0 Å². The predicted molar refractivity (Wildman–Crippen MR) is 112 cm³/mol. The predicted octanol–water partition coefficient (Wildman–Crippen LogP) is 7.48. The number of nitrogens with zero attached hydrogens (tertiary/aromatic N) is 1. The Morgan fingerprint density at radius 3 is 2.43 bits per heavy atom. The first-order valence-corrected chi connectivity index (χ1v) is 10.5. The van der Waals surface area contributed by atoms with E-state index in [0.29, 0.717) is 6.42 Å². The topological polar surface area (TPSA) is 28.7 Å². The zero-order valence-corrected chi connectivity index (χ0v) is 19.4. The summed E-state index contributed by atoms with van der Waals surface area (Å²) in [5, 5.41) is 0. The standard InChI is InChI=1S/C16H9Br5N2/c17-9-1-2-12(19)11(5-9)14-7-22-15(23-14)4-8-3-10(18)6-13(20)16(8)21/h1-3,5-7H,4H2,(H,22,23). The summed E-state index contributed by atoms with van der Waals surface area (Å²) in [5.41, 5.74) is 3.12. The maximum Gasteiger partial charge on any atom is 0.111 e. The number of H-pyrrole nitrogens is 1. The molecule has 1 N–H and O–H groups in total. The molecule has 0 aliphatic carbocycles. The molecule has 0 amide bonds. The molecule has 1 heterocycles. The van der Waals surface area contributed by atoms with Crippen molar-refractivity contribution >= 4 is 79.6 Å². The Morgan fingerprint density at radius 1 is 0.870 bits per heavy atom. The molecule has 0 bridgehead atoms. The monoisotopic (exact) mass is 624 g/mol. The van der Waals surface area contributed by atoms with Gasteiger partial charge in [-0.05, 0) is 67.8 Å². The average Bonchev–Trinajstić information content (AvgIpc) is 2.95. The molecule has 1 aromatic heterocycles. The molecule has 118 valence electrons. The maximum atomic E-state index is 4.72. The Kier molecular flexibility index (Phi) is 5.84. The molecule has 0 aliphatic rings. The van der Waals surface area contributed by atoms with Gasteiger partial charge in [-0.1, -0.05) is 47.8 Å². The number of imidazole rings is 1. The summed E-state index contributed by atoms with van der Waals surface area (Å²) in [7, 11) is 0. The Morgan fingerprint density at radius 2 is 1.65 bits per heavy atom. The molecule has 23 heavy (non-hydrogen) atoms. The van der Waals surface area contributed by atoms with Crippen molar-refractivity contribution in [1.82, 2.24) is 9.97 Å². The quantitative estimate of drug-likeness (QED) is 0.300. The van der Waals surface area contributed by atoms with Gasteiger partial charge in [0, 0.05) is 40.5 Å². The fourth-order valence-corrected chi connectivity index (χ4v) is 4.70. The number of aromatic amines is 1. The zero-order chi connectivity index (χ0) is 16.6. The van der Waals surface area contributed by atoms with Crippen molar-refractivity contribution < 1.29 is 0 Å². The summed E-state index contributed by atoms with van der Waals surface area (Å²) in [6.45, 7) is 0. The maximum absolute atomic E-state index is 4.72. The second-order valence-electron chi connectivity index (χ2n) is 4.89. The first kappa shape index (κ1) is 17.9. The van der Waals surface area contributed by atoms with Crippen LogP contribution in [-0.2, 0) is 6.42 Å². The fourth-order valence-electron chi connectivity index (χ4n) is 2.20. The van der Waals surface area contributed by atoms with Gasteiger partial charge in [-0.25, -0.2) is 4.98 Å². The van der Waals surface area contributed by atoms with Gasteiger partial charge < -0.3 is 4.98 Å². The molecule has 0 atom stereocenters. The summed E-state index contributed by atoms with van der Waals surface area (Å²) >= 11 is 17.8. The second kappa shape index (κ2) is 7.52. The van der Waals surface area contributed by atoms with E-state index in [1.807, 2.05) is 24.4 Å². The van der Waals surface area contributed by atoms with Gasteiger partial charge in [-0.3, -0.25) is 0 Å². The van der Waals surface area contributed by atoms with Gasteiger partial charge in [0.1, 0.15) is 5.82 Å². The minimum atomic E-state index is 0.713. The first-order chi connectivity index (χ1) is 10.9. The van der Waals surface area contributed by atoms with Crippen LogP contribution in [0, 0.1) is 0 Å². The van der Waals surface area contributed by atoms with Crippen molar-refractivity contribution in [3.8, 4) is 11.3 Å². The molecule has 0 fully saturated rings. The minimum absolute atomic E-state index is 0.713. The summed E-state index contributed by atoms with van der Waals surface area (Å²) in [5.74, 6) is 0.914. The molecule has 0 radical (unpaired) electrons. The van der Waals surface area contributed by atoms with E-state index < -0.39 is 0 Å². The molecular weight excluding hydrogens is 620 g/mol. The minimum Gasteiger partial charge on any atom is -0.348 e. The summed E-state index contributed by atoms with van der Waals surface area (Å²) < 4.78 is 5.14. The van der Waals surface area contributed by atoms with Crippen LogP contribution >= 0.6 is 79.6 Å². The normalized spacial score (nSPS) is 11.0. The van der Waals surface area contributed by atoms with Crippen molar-refractivity contribution in [2.24, 2.45) is 0 Å². The Bertz CT molecular complexity index is 873. The average molecular weight is 629 g/mol. The number of aromatic nitrogens is 2. The van der Waals surface area contributed by atoms with Crippen molar-refractivity contribution in [3.63, 3.8) is 0 Å². The molecule has 7 heteroatoms. The van der Waals surface area contributed by atoms with E-state index in [4.69, 9.17) is 4.98 Å². The van der Waals surface area contributed by atoms with Crippen LogP contribution in [0.25, 0.3) is 11.3 Å². The second-order valence-corrected chi connectivity index (χ2v) is 9.23. The summed E-state index contributed by atoms with van der Waals surface area (Å²) in [6.07, 6.45) is 2.65. The van der Waals surface area contributed by atoms with E-state index >= 15 is 0 Å². The molecule has 0 spiro atoms. The number of nitrogens with one attached hydrogen (secondary N) is 1. The Balaban J connectivity index is 1.93. The lowest BCUT2D eigenvalue weighted by Gasteiger charge is -2.06. The lowest BCUT2D eigenvalue weighted by atomic mass is 10.1. The van der Waals surface area contributed by atoms with E-state index in [1.165, 1.54) is 0 Å². The Hall–Kier alpha value is 0.0500. The van der Waals surface area contributed by atoms with E-state index in [9.17, 15) is 0 Å². The van der Waals surface area contributed by atoms with Gasteiger partial charge in [0.15, 0.2) is 0 Å². The third-order valence-electron chi connectivity index (χ3n) is 3.26. The van der Waals surface area contributed by atoms with Crippen LogP contribution in [-0.4, -0.2) is 9.97 Å². The molecule has 0 saturated carbocycles. The smallest absolute Gasteiger partial charge is 0.111 e. The van der Waals surface area contributed by atoms with Gasteiger partial charge in [0.05, 0.1) is 5.69 Å². The number of rotatable bonds is 3. The molecule has 0 unspecified atom stereocenters. The molecule has 2 nitrogen and oxygen atoms in total. The molecule has 3 aromatic rings. The van der Waals surface area contributed by atoms with Crippen molar-refractivity contribution in [2.75, 3.05) is 0 Å². The largest absolute Gasteiger partial charge is 0.348 e. The van der Waals surface area contributed by atoms with E-state index in [-0.39, 0.29) is 0 Å². The van der Waals surface area contributed by atoms with Crippen LogP contribution in [0.1, 0.15) is 11.4 Å². The Labute approximate surface area is 176 Å². The third kappa shape index (κ3) is 4.18. The van der Waals surface area contributed by atoms with Crippen molar-refractivity contribution in [3.05, 3.63) is 70.3 Å². The highest BCUT2D eigenvalue weighted by atomic mass is 79.9.